The Hall–Kier alpha value is -1.43. The molecule has 2 heterocycles. The number of rotatable bonds is 2. The summed E-state index contributed by atoms with van der Waals surface area (Å²) in [4.78, 5) is 28.9. The van der Waals surface area contributed by atoms with E-state index in [1.54, 1.807) is 30.2 Å². The standard InChI is InChI=1S/C12H13BrN2O3/c1-12(11(17)18)3-5-15(7-12)10(16)8-2-4-14-9(13)6-8/h2,4,6H,3,5,7H2,1H3,(H,17,18). The quantitative estimate of drug-likeness (QED) is 0.845. The molecule has 0 spiro atoms. The number of hydrogen-bond acceptors (Lipinski definition) is 3. The molecule has 2 rings (SSSR count). The molecule has 0 aliphatic carbocycles. The predicted molar refractivity (Wildman–Crippen MR) is 68.2 cm³/mol. The number of halogens is 1. The lowest BCUT2D eigenvalue weighted by Gasteiger charge is -2.20. The average Bonchev–Trinajstić information content (AvgIpc) is 2.72. The van der Waals surface area contributed by atoms with Gasteiger partial charge in [-0.1, -0.05) is 0 Å². The van der Waals surface area contributed by atoms with Gasteiger partial charge in [-0.3, -0.25) is 9.59 Å². The van der Waals surface area contributed by atoms with Gasteiger partial charge in [-0.05, 0) is 41.4 Å². The highest BCUT2D eigenvalue weighted by Crippen LogP contribution is 2.31. The van der Waals surface area contributed by atoms with Crippen LogP contribution in [0.25, 0.3) is 0 Å². The molecule has 6 heteroatoms. The highest BCUT2D eigenvalue weighted by Gasteiger charge is 2.42. The van der Waals surface area contributed by atoms with Crippen molar-refractivity contribution in [3.63, 3.8) is 0 Å². The van der Waals surface area contributed by atoms with Crippen molar-refractivity contribution >= 4 is 27.8 Å². The van der Waals surface area contributed by atoms with Crippen LogP contribution in [0.1, 0.15) is 23.7 Å². The van der Waals surface area contributed by atoms with Gasteiger partial charge < -0.3 is 10.0 Å². The monoisotopic (exact) mass is 312 g/mol. The van der Waals surface area contributed by atoms with Crippen molar-refractivity contribution < 1.29 is 14.7 Å². The number of carbonyl (C=O) groups is 2. The summed E-state index contributed by atoms with van der Waals surface area (Å²) in [7, 11) is 0. The third-order valence-corrected chi connectivity index (χ3v) is 3.68. The van der Waals surface area contributed by atoms with E-state index in [2.05, 4.69) is 20.9 Å². The predicted octanol–water partition coefficient (Wildman–Crippen LogP) is 1.78. The van der Waals surface area contributed by atoms with Crippen LogP contribution in [0.4, 0.5) is 0 Å². The van der Waals surface area contributed by atoms with Crippen LogP contribution in [-0.4, -0.2) is 40.0 Å². The molecule has 1 N–H and O–H groups in total. The van der Waals surface area contributed by atoms with Gasteiger partial charge in [0.15, 0.2) is 0 Å². The Morgan fingerprint density at radius 3 is 2.83 bits per heavy atom. The minimum Gasteiger partial charge on any atom is -0.481 e. The molecule has 1 aromatic heterocycles. The van der Waals surface area contributed by atoms with Crippen LogP contribution in [-0.2, 0) is 4.79 Å². The molecular formula is C12H13BrN2O3. The largest absolute Gasteiger partial charge is 0.481 e. The summed E-state index contributed by atoms with van der Waals surface area (Å²) in [5.41, 5.74) is -0.313. The van der Waals surface area contributed by atoms with Crippen molar-refractivity contribution in [1.82, 2.24) is 9.88 Å². The van der Waals surface area contributed by atoms with E-state index in [-0.39, 0.29) is 12.5 Å². The van der Waals surface area contributed by atoms with Gasteiger partial charge in [0.2, 0.25) is 0 Å². The van der Waals surface area contributed by atoms with Crippen molar-refractivity contribution in [1.29, 1.82) is 0 Å². The van der Waals surface area contributed by atoms with Gasteiger partial charge >= 0.3 is 5.97 Å². The summed E-state index contributed by atoms with van der Waals surface area (Å²) < 4.78 is 0.591. The molecule has 1 aliphatic rings. The number of aliphatic carboxylic acids is 1. The van der Waals surface area contributed by atoms with Crippen LogP contribution in [0.3, 0.4) is 0 Å². The van der Waals surface area contributed by atoms with Crippen molar-refractivity contribution in [3.05, 3.63) is 28.5 Å². The Morgan fingerprint density at radius 1 is 1.56 bits per heavy atom. The fraction of sp³-hybridized carbons (Fsp3) is 0.417. The maximum atomic E-state index is 12.2. The van der Waals surface area contributed by atoms with Crippen LogP contribution in [0.5, 0.6) is 0 Å². The van der Waals surface area contributed by atoms with Gasteiger partial charge in [0.1, 0.15) is 4.60 Å². The molecule has 1 saturated heterocycles. The van der Waals surface area contributed by atoms with Gasteiger partial charge in [-0.2, -0.15) is 0 Å². The first-order chi connectivity index (χ1) is 8.42. The van der Waals surface area contributed by atoms with Gasteiger partial charge in [-0.25, -0.2) is 4.98 Å². The molecule has 1 aromatic rings. The van der Waals surface area contributed by atoms with Crippen molar-refractivity contribution in [2.75, 3.05) is 13.1 Å². The highest BCUT2D eigenvalue weighted by molar-refractivity contribution is 9.10. The highest BCUT2D eigenvalue weighted by atomic mass is 79.9. The van der Waals surface area contributed by atoms with E-state index >= 15 is 0 Å². The minimum absolute atomic E-state index is 0.150. The lowest BCUT2D eigenvalue weighted by atomic mass is 9.90. The average molecular weight is 313 g/mol. The Bertz CT molecular complexity index is 506. The summed E-state index contributed by atoms with van der Waals surface area (Å²) in [6.07, 6.45) is 2.03. The number of amides is 1. The molecule has 5 nitrogen and oxygen atoms in total. The first-order valence-electron chi connectivity index (χ1n) is 5.57. The number of likely N-dealkylation sites (tertiary alicyclic amines) is 1. The molecule has 0 aromatic carbocycles. The third-order valence-electron chi connectivity index (χ3n) is 3.25. The molecule has 0 saturated carbocycles. The van der Waals surface area contributed by atoms with Crippen molar-refractivity contribution in [2.24, 2.45) is 5.41 Å². The topological polar surface area (TPSA) is 70.5 Å². The SMILES string of the molecule is CC1(C(=O)O)CCN(C(=O)c2ccnc(Br)c2)C1. The van der Waals surface area contributed by atoms with E-state index in [1.807, 2.05) is 0 Å². The number of aromatic nitrogens is 1. The lowest BCUT2D eigenvalue weighted by molar-refractivity contribution is -0.147. The molecule has 0 radical (unpaired) electrons. The number of nitrogens with zero attached hydrogens (tertiary/aromatic N) is 2. The van der Waals surface area contributed by atoms with Gasteiger partial charge in [0.25, 0.3) is 5.91 Å². The number of carboxylic acids is 1. The first-order valence-corrected chi connectivity index (χ1v) is 6.36. The van der Waals surface area contributed by atoms with Gasteiger partial charge in [0.05, 0.1) is 5.41 Å². The maximum absolute atomic E-state index is 12.2. The van der Waals surface area contributed by atoms with E-state index in [4.69, 9.17) is 5.11 Å². The molecule has 1 fully saturated rings. The van der Waals surface area contributed by atoms with Crippen LogP contribution >= 0.6 is 15.9 Å². The zero-order valence-corrected chi connectivity index (χ0v) is 11.5. The van der Waals surface area contributed by atoms with Crippen LogP contribution in [0.15, 0.2) is 22.9 Å². The molecule has 1 amide bonds. The first kappa shape index (κ1) is 13.0. The summed E-state index contributed by atoms with van der Waals surface area (Å²) in [5, 5.41) is 9.13. The smallest absolute Gasteiger partial charge is 0.311 e. The lowest BCUT2D eigenvalue weighted by Crippen LogP contribution is -2.34. The molecule has 18 heavy (non-hydrogen) atoms. The fourth-order valence-electron chi connectivity index (χ4n) is 2.03. The Kier molecular flexibility index (Phi) is 3.38. The fourth-order valence-corrected chi connectivity index (χ4v) is 2.39. The molecular weight excluding hydrogens is 300 g/mol. The van der Waals surface area contributed by atoms with Crippen LogP contribution < -0.4 is 0 Å². The summed E-state index contributed by atoms with van der Waals surface area (Å²) >= 11 is 3.21. The second-order valence-corrected chi connectivity index (χ2v) is 5.52. The zero-order valence-electron chi connectivity index (χ0n) is 9.89. The maximum Gasteiger partial charge on any atom is 0.311 e. The molecule has 1 aliphatic heterocycles. The van der Waals surface area contributed by atoms with E-state index in [1.165, 1.54) is 0 Å². The molecule has 0 bridgehead atoms. The molecule has 96 valence electrons. The summed E-state index contributed by atoms with van der Waals surface area (Å²) in [6, 6.07) is 3.27. The Labute approximate surface area is 113 Å². The van der Waals surface area contributed by atoms with Crippen molar-refractivity contribution in [3.8, 4) is 0 Å². The Balaban J connectivity index is 2.15. The molecule has 1 unspecified atom stereocenters. The number of pyridine rings is 1. The minimum atomic E-state index is -0.853. The van der Waals surface area contributed by atoms with Gasteiger partial charge in [0, 0.05) is 24.8 Å². The number of carboxylic acid groups (broad SMARTS) is 1. The van der Waals surface area contributed by atoms with Crippen LogP contribution in [0, 0.1) is 5.41 Å². The van der Waals surface area contributed by atoms with E-state index in [0.29, 0.717) is 23.1 Å². The molecule has 1 atom stereocenters. The van der Waals surface area contributed by atoms with E-state index in [0.717, 1.165) is 0 Å². The third kappa shape index (κ3) is 2.38. The van der Waals surface area contributed by atoms with E-state index < -0.39 is 11.4 Å². The summed E-state index contributed by atoms with van der Waals surface area (Å²) in [5.74, 6) is -1.00. The number of hydrogen-bond donors (Lipinski definition) is 1. The second-order valence-electron chi connectivity index (χ2n) is 4.71. The Morgan fingerprint density at radius 2 is 2.28 bits per heavy atom. The van der Waals surface area contributed by atoms with Crippen LogP contribution in [0.2, 0.25) is 0 Å². The van der Waals surface area contributed by atoms with E-state index in [9.17, 15) is 9.59 Å². The second kappa shape index (κ2) is 4.68. The summed E-state index contributed by atoms with van der Waals surface area (Å²) in [6.45, 7) is 2.40. The van der Waals surface area contributed by atoms with Gasteiger partial charge in [-0.15, -0.1) is 0 Å². The van der Waals surface area contributed by atoms with Crippen molar-refractivity contribution in [2.45, 2.75) is 13.3 Å². The number of carbonyl (C=O) groups excluding carboxylic acids is 1. The zero-order chi connectivity index (χ0) is 13.3. The normalized spacial score (nSPS) is 23.1.